The van der Waals surface area contributed by atoms with Crippen molar-refractivity contribution in [3.05, 3.63) is 48.3 Å². The normalized spacial score (nSPS) is 12.0. The quantitative estimate of drug-likeness (QED) is 0.657. The molecule has 0 aliphatic heterocycles. The summed E-state index contributed by atoms with van der Waals surface area (Å²) in [5, 5.41) is 11.6. The second kappa shape index (κ2) is 7.26. The van der Waals surface area contributed by atoms with E-state index in [0.717, 1.165) is 11.5 Å². The number of nitrogens with zero attached hydrogens (tertiary/aromatic N) is 3. The van der Waals surface area contributed by atoms with Gasteiger partial charge in [0.05, 0.1) is 5.25 Å². The Morgan fingerprint density at radius 1 is 1.45 bits per heavy atom. The van der Waals surface area contributed by atoms with E-state index in [4.69, 9.17) is 0 Å². The number of amides is 1. The molecule has 116 valence electrons. The van der Waals surface area contributed by atoms with E-state index >= 15 is 0 Å². The first-order valence-electron chi connectivity index (χ1n) is 7.07. The first kappa shape index (κ1) is 16.3. The molecule has 1 atom stereocenters. The van der Waals surface area contributed by atoms with Crippen LogP contribution in [-0.2, 0) is 4.79 Å². The lowest BCUT2D eigenvalue weighted by atomic mass is 10.2. The highest BCUT2D eigenvalue weighted by atomic mass is 32.2. The lowest BCUT2D eigenvalue weighted by Crippen LogP contribution is -2.31. The van der Waals surface area contributed by atoms with E-state index in [9.17, 15) is 4.79 Å². The fraction of sp³-hybridized carbons (Fsp3) is 0.312. The fourth-order valence-electron chi connectivity index (χ4n) is 2.01. The standard InChI is InChI=1S/C16H20N4OS/c1-5-9-17-15(21)12(3)22-16-19-18-13(4)20(16)14-8-6-7-11(2)10-14/h5-8,10,12H,1,9H2,2-4H3,(H,17,21). The monoisotopic (exact) mass is 316 g/mol. The third-order valence-electron chi connectivity index (χ3n) is 3.13. The van der Waals surface area contributed by atoms with E-state index in [1.165, 1.54) is 17.3 Å². The molecule has 6 heteroatoms. The van der Waals surface area contributed by atoms with Crippen LogP contribution >= 0.6 is 11.8 Å². The average molecular weight is 316 g/mol. The summed E-state index contributed by atoms with van der Waals surface area (Å²) < 4.78 is 1.97. The summed E-state index contributed by atoms with van der Waals surface area (Å²) in [7, 11) is 0. The van der Waals surface area contributed by atoms with Crippen LogP contribution in [0.4, 0.5) is 0 Å². The maximum atomic E-state index is 12.0. The Morgan fingerprint density at radius 2 is 2.23 bits per heavy atom. The third-order valence-corrected chi connectivity index (χ3v) is 4.17. The minimum Gasteiger partial charge on any atom is -0.352 e. The predicted octanol–water partition coefficient (Wildman–Crippen LogP) is 2.67. The summed E-state index contributed by atoms with van der Waals surface area (Å²) in [6, 6.07) is 8.12. The van der Waals surface area contributed by atoms with Gasteiger partial charge in [0.25, 0.3) is 0 Å². The topological polar surface area (TPSA) is 59.8 Å². The van der Waals surface area contributed by atoms with Crippen molar-refractivity contribution in [3.8, 4) is 5.69 Å². The van der Waals surface area contributed by atoms with Crippen molar-refractivity contribution in [2.75, 3.05) is 6.54 Å². The Kier molecular flexibility index (Phi) is 5.38. The van der Waals surface area contributed by atoms with Crippen LogP contribution in [0.1, 0.15) is 18.3 Å². The zero-order chi connectivity index (χ0) is 16.1. The number of hydrogen-bond donors (Lipinski definition) is 1. The highest BCUT2D eigenvalue weighted by molar-refractivity contribution is 8.00. The molecule has 1 N–H and O–H groups in total. The van der Waals surface area contributed by atoms with Crippen LogP contribution in [0.2, 0.25) is 0 Å². The Balaban J connectivity index is 2.23. The number of nitrogens with one attached hydrogen (secondary N) is 1. The van der Waals surface area contributed by atoms with Gasteiger partial charge in [0.15, 0.2) is 5.16 Å². The molecule has 0 radical (unpaired) electrons. The van der Waals surface area contributed by atoms with E-state index in [0.29, 0.717) is 11.7 Å². The van der Waals surface area contributed by atoms with Crippen molar-refractivity contribution in [2.45, 2.75) is 31.2 Å². The lowest BCUT2D eigenvalue weighted by molar-refractivity contribution is -0.120. The Bertz CT molecular complexity index is 681. The second-order valence-electron chi connectivity index (χ2n) is 5.00. The molecule has 0 aliphatic carbocycles. The van der Waals surface area contributed by atoms with Gasteiger partial charge in [-0.1, -0.05) is 30.0 Å². The summed E-state index contributed by atoms with van der Waals surface area (Å²) in [6.07, 6.45) is 1.66. The van der Waals surface area contributed by atoms with Gasteiger partial charge in [-0.05, 0) is 38.5 Å². The molecule has 0 aliphatic rings. The van der Waals surface area contributed by atoms with Gasteiger partial charge in [-0.15, -0.1) is 16.8 Å². The molecule has 0 spiro atoms. The van der Waals surface area contributed by atoms with E-state index in [-0.39, 0.29) is 11.2 Å². The highest BCUT2D eigenvalue weighted by Gasteiger charge is 2.19. The van der Waals surface area contributed by atoms with Gasteiger partial charge in [-0.25, -0.2) is 0 Å². The first-order chi connectivity index (χ1) is 10.5. The third kappa shape index (κ3) is 3.76. The molecule has 1 heterocycles. The molecule has 1 aromatic carbocycles. The number of carbonyl (C=O) groups excluding carboxylic acids is 1. The van der Waals surface area contributed by atoms with Crippen molar-refractivity contribution >= 4 is 17.7 Å². The van der Waals surface area contributed by atoms with Crippen LogP contribution in [0, 0.1) is 13.8 Å². The number of carbonyl (C=O) groups is 1. The van der Waals surface area contributed by atoms with Gasteiger partial charge in [-0.2, -0.15) is 0 Å². The lowest BCUT2D eigenvalue weighted by Gasteiger charge is -2.13. The van der Waals surface area contributed by atoms with Crippen molar-refractivity contribution in [3.63, 3.8) is 0 Å². The Morgan fingerprint density at radius 3 is 2.91 bits per heavy atom. The van der Waals surface area contributed by atoms with Crippen LogP contribution < -0.4 is 5.32 Å². The first-order valence-corrected chi connectivity index (χ1v) is 7.95. The maximum absolute atomic E-state index is 12.0. The molecule has 5 nitrogen and oxygen atoms in total. The molecule has 0 bridgehead atoms. The van der Waals surface area contributed by atoms with Crippen molar-refractivity contribution in [2.24, 2.45) is 0 Å². The average Bonchev–Trinajstić information content (AvgIpc) is 2.85. The largest absolute Gasteiger partial charge is 0.352 e. The summed E-state index contributed by atoms with van der Waals surface area (Å²) in [4.78, 5) is 12.0. The van der Waals surface area contributed by atoms with Gasteiger partial charge in [0, 0.05) is 12.2 Å². The Hall–Kier alpha value is -2.08. The molecular weight excluding hydrogens is 296 g/mol. The number of aryl methyl sites for hydroxylation is 2. The fourth-order valence-corrected chi connectivity index (χ4v) is 2.95. The zero-order valence-electron chi connectivity index (χ0n) is 13.0. The van der Waals surface area contributed by atoms with Crippen molar-refractivity contribution in [1.82, 2.24) is 20.1 Å². The van der Waals surface area contributed by atoms with Gasteiger partial charge < -0.3 is 5.32 Å². The SMILES string of the molecule is C=CCNC(=O)C(C)Sc1nnc(C)n1-c1cccc(C)c1. The molecule has 0 saturated carbocycles. The van der Waals surface area contributed by atoms with Crippen LogP contribution in [0.5, 0.6) is 0 Å². The van der Waals surface area contributed by atoms with Crippen LogP contribution in [-0.4, -0.2) is 32.5 Å². The molecule has 2 rings (SSSR count). The molecule has 22 heavy (non-hydrogen) atoms. The molecule has 2 aromatic rings. The smallest absolute Gasteiger partial charge is 0.233 e. The van der Waals surface area contributed by atoms with E-state index < -0.39 is 0 Å². The molecule has 0 fully saturated rings. The van der Waals surface area contributed by atoms with Gasteiger partial charge in [0.2, 0.25) is 5.91 Å². The van der Waals surface area contributed by atoms with Crippen LogP contribution in [0.3, 0.4) is 0 Å². The molecular formula is C16H20N4OS. The highest BCUT2D eigenvalue weighted by Crippen LogP contribution is 2.25. The minimum atomic E-state index is -0.257. The summed E-state index contributed by atoms with van der Waals surface area (Å²) >= 11 is 1.39. The number of rotatable bonds is 6. The van der Waals surface area contributed by atoms with Gasteiger partial charge >= 0.3 is 0 Å². The number of benzene rings is 1. The summed E-state index contributed by atoms with van der Waals surface area (Å²) in [5.41, 5.74) is 2.17. The second-order valence-corrected chi connectivity index (χ2v) is 6.31. The van der Waals surface area contributed by atoms with Crippen LogP contribution in [0.25, 0.3) is 5.69 Å². The van der Waals surface area contributed by atoms with Crippen LogP contribution in [0.15, 0.2) is 42.1 Å². The minimum absolute atomic E-state index is 0.0404. The molecule has 1 amide bonds. The Labute approximate surface area is 134 Å². The summed E-state index contributed by atoms with van der Waals surface area (Å²) in [6.45, 7) is 9.86. The van der Waals surface area contributed by atoms with Gasteiger partial charge in [0.1, 0.15) is 5.82 Å². The molecule has 0 saturated heterocycles. The number of thioether (sulfide) groups is 1. The number of hydrogen-bond acceptors (Lipinski definition) is 4. The van der Waals surface area contributed by atoms with E-state index in [1.54, 1.807) is 6.08 Å². The molecule has 1 aromatic heterocycles. The van der Waals surface area contributed by atoms with E-state index in [2.05, 4.69) is 28.2 Å². The summed E-state index contributed by atoms with van der Waals surface area (Å²) in [5.74, 6) is 0.758. The van der Waals surface area contributed by atoms with Crippen molar-refractivity contribution in [1.29, 1.82) is 0 Å². The zero-order valence-corrected chi connectivity index (χ0v) is 13.9. The van der Waals surface area contributed by atoms with Crippen molar-refractivity contribution < 1.29 is 4.79 Å². The van der Waals surface area contributed by atoms with E-state index in [1.807, 2.05) is 43.5 Å². The molecule has 1 unspecified atom stereocenters. The predicted molar refractivity (Wildman–Crippen MR) is 89.4 cm³/mol. The maximum Gasteiger partial charge on any atom is 0.233 e. The van der Waals surface area contributed by atoms with Gasteiger partial charge in [-0.3, -0.25) is 9.36 Å². The number of aromatic nitrogens is 3.